The summed E-state index contributed by atoms with van der Waals surface area (Å²) in [4.78, 5) is 10.1. The molecule has 0 saturated heterocycles. The molecule has 4 rings (SSSR count). The lowest BCUT2D eigenvalue weighted by Crippen LogP contribution is -2.13. The number of hydrogen-bond donors (Lipinski definition) is 2. The minimum Gasteiger partial charge on any atom is -0.505 e. The van der Waals surface area contributed by atoms with E-state index in [-0.39, 0.29) is 11.8 Å². The standard InChI is InChI=1S/C21H19N3OS/c1-13-10-12-26-21(13)19(24-17-5-3-4-11-22-17)16-9-8-15-7-6-14(2)23-18(15)20(16)25/h3-12,19,25H,1-2H3,(H,22,24)/t19-/m0/s1. The highest BCUT2D eigenvalue weighted by Gasteiger charge is 2.22. The molecule has 0 bridgehead atoms. The van der Waals surface area contributed by atoms with Crippen molar-refractivity contribution in [3.63, 3.8) is 0 Å². The molecule has 2 N–H and O–H groups in total. The van der Waals surface area contributed by atoms with Crippen LogP contribution in [0.4, 0.5) is 5.82 Å². The lowest BCUT2D eigenvalue weighted by atomic mass is 9.99. The summed E-state index contributed by atoms with van der Waals surface area (Å²) in [5, 5.41) is 17.5. The zero-order valence-corrected chi connectivity index (χ0v) is 15.4. The number of aromatic hydroxyl groups is 1. The van der Waals surface area contributed by atoms with Crippen molar-refractivity contribution in [2.75, 3.05) is 5.32 Å². The molecule has 0 fully saturated rings. The smallest absolute Gasteiger partial charge is 0.147 e. The summed E-state index contributed by atoms with van der Waals surface area (Å²) in [6.07, 6.45) is 1.76. The third-order valence-corrected chi connectivity index (χ3v) is 5.52. The Morgan fingerprint density at radius 1 is 1.04 bits per heavy atom. The number of anilines is 1. The zero-order chi connectivity index (χ0) is 18.1. The Labute approximate surface area is 156 Å². The highest BCUT2D eigenvalue weighted by Crippen LogP contribution is 2.39. The SMILES string of the molecule is Cc1ccc2ccc([C@H](Nc3ccccn3)c3sccc3C)c(O)c2n1. The first-order valence-electron chi connectivity index (χ1n) is 8.44. The van der Waals surface area contributed by atoms with Gasteiger partial charge in [-0.05, 0) is 49.1 Å². The van der Waals surface area contributed by atoms with Gasteiger partial charge in [0, 0.05) is 27.7 Å². The van der Waals surface area contributed by atoms with Crippen LogP contribution in [0.25, 0.3) is 10.9 Å². The van der Waals surface area contributed by atoms with Gasteiger partial charge in [-0.1, -0.05) is 24.3 Å². The predicted molar refractivity (Wildman–Crippen MR) is 107 cm³/mol. The Morgan fingerprint density at radius 3 is 2.62 bits per heavy atom. The monoisotopic (exact) mass is 361 g/mol. The second-order valence-electron chi connectivity index (χ2n) is 6.29. The second-order valence-corrected chi connectivity index (χ2v) is 7.24. The number of nitrogens with zero attached hydrogens (tertiary/aromatic N) is 2. The fourth-order valence-corrected chi connectivity index (χ4v) is 4.08. The highest BCUT2D eigenvalue weighted by molar-refractivity contribution is 7.10. The van der Waals surface area contributed by atoms with Crippen LogP contribution >= 0.6 is 11.3 Å². The zero-order valence-electron chi connectivity index (χ0n) is 14.6. The molecule has 1 atom stereocenters. The van der Waals surface area contributed by atoms with Crippen LogP contribution in [0.3, 0.4) is 0 Å². The molecule has 1 aromatic carbocycles. The van der Waals surface area contributed by atoms with Gasteiger partial charge in [-0.3, -0.25) is 0 Å². The second kappa shape index (κ2) is 6.77. The molecule has 3 aromatic heterocycles. The van der Waals surface area contributed by atoms with Crippen molar-refractivity contribution >= 4 is 28.1 Å². The number of pyridine rings is 2. The number of phenolic OH excluding ortho intramolecular Hbond substituents is 1. The van der Waals surface area contributed by atoms with Crippen LogP contribution in [0.15, 0.2) is 60.1 Å². The number of aromatic nitrogens is 2. The third kappa shape index (κ3) is 3.02. The maximum absolute atomic E-state index is 11.0. The number of aryl methyl sites for hydroxylation is 2. The van der Waals surface area contributed by atoms with Gasteiger partial charge in [0.15, 0.2) is 0 Å². The maximum atomic E-state index is 11.0. The molecular formula is C21H19N3OS. The van der Waals surface area contributed by atoms with Crippen LogP contribution in [0.2, 0.25) is 0 Å². The van der Waals surface area contributed by atoms with E-state index in [2.05, 4.69) is 33.7 Å². The molecular weight excluding hydrogens is 342 g/mol. The largest absolute Gasteiger partial charge is 0.505 e. The number of rotatable bonds is 4. The fourth-order valence-electron chi connectivity index (χ4n) is 3.08. The molecule has 0 unspecified atom stereocenters. The molecule has 0 aliphatic heterocycles. The third-order valence-electron chi connectivity index (χ3n) is 4.44. The summed E-state index contributed by atoms with van der Waals surface area (Å²) >= 11 is 1.67. The van der Waals surface area contributed by atoms with Crippen LogP contribution in [-0.2, 0) is 0 Å². The number of hydrogen-bond acceptors (Lipinski definition) is 5. The van der Waals surface area contributed by atoms with Gasteiger partial charge in [0.25, 0.3) is 0 Å². The quantitative estimate of drug-likeness (QED) is 0.523. The number of fused-ring (bicyclic) bond motifs is 1. The van der Waals surface area contributed by atoms with Crippen molar-refractivity contribution in [1.82, 2.24) is 9.97 Å². The van der Waals surface area contributed by atoms with E-state index >= 15 is 0 Å². The predicted octanol–water partition coefficient (Wildman–Crippen LogP) is 5.22. The van der Waals surface area contributed by atoms with E-state index in [0.29, 0.717) is 5.52 Å². The van der Waals surface area contributed by atoms with Gasteiger partial charge in [0.05, 0.1) is 6.04 Å². The van der Waals surface area contributed by atoms with E-state index in [4.69, 9.17) is 0 Å². The molecule has 4 aromatic rings. The molecule has 26 heavy (non-hydrogen) atoms. The summed E-state index contributed by atoms with van der Waals surface area (Å²) in [6.45, 7) is 4.01. The molecule has 0 aliphatic carbocycles. The van der Waals surface area contributed by atoms with E-state index in [1.165, 1.54) is 5.56 Å². The fraction of sp³-hybridized carbons (Fsp3) is 0.143. The summed E-state index contributed by atoms with van der Waals surface area (Å²) < 4.78 is 0. The van der Waals surface area contributed by atoms with Crippen LogP contribution in [0.1, 0.15) is 27.7 Å². The van der Waals surface area contributed by atoms with Crippen LogP contribution in [0.5, 0.6) is 5.75 Å². The van der Waals surface area contributed by atoms with Gasteiger partial charge in [-0.15, -0.1) is 11.3 Å². The minimum absolute atomic E-state index is 0.198. The van der Waals surface area contributed by atoms with Crippen molar-refractivity contribution in [2.45, 2.75) is 19.9 Å². The molecule has 4 nitrogen and oxygen atoms in total. The highest BCUT2D eigenvalue weighted by atomic mass is 32.1. The Hall–Kier alpha value is -2.92. The van der Waals surface area contributed by atoms with Crippen LogP contribution < -0.4 is 5.32 Å². The average molecular weight is 361 g/mol. The number of benzene rings is 1. The van der Waals surface area contributed by atoms with Crippen molar-refractivity contribution in [2.24, 2.45) is 0 Å². The molecule has 0 amide bonds. The van der Waals surface area contributed by atoms with Gasteiger partial charge >= 0.3 is 0 Å². The first-order chi connectivity index (χ1) is 12.6. The minimum atomic E-state index is -0.198. The summed E-state index contributed by atoms with van der Waals surface area (Å²) in [6, 6.07) is 15.6. The van der Waals surface area contributed by atoms with E-state index in [1.54, 1.807) is 17.5 Å². The molecule has 3 heterocycles. The van der Waals surface area contributed by atoms with Gasteiger partial charge in [-0.25, -0.2) is 9.97 Å². The van der Waals surface area contributed by atoms with E-state index in [0.717, 1.165) is 27.3 Å². The first-order valence-corrected chi connectivity index (χ1v) is 9.32. The van der Waals surface area contributed by atoms with Gasteiger partial charge < -0.3 is 10.4 Å². The van der Waals surface area contributed by atoms with Crippen molar-refractivity contribution in [3.8, 4) is 5.75 Å². The molecule has 0 radical (unpaired) electrons. The average Bonchev–Trinajstić information content (AvgIpc) is 3.08. The molecule has 5 heteroatoms. The Bertz CT molecular complexity index is 1060. The molecule has 130 valence electrons. The molecule has 0 aliphatic rings. The molecule has 0 spiro atoms. The van der Waals surface area contributed by atoms with Gasteiger partial charge in [0.2, 0.25) is 0 Å². The number of nitrogens with one attached hydrogen (secondary N) is 1. The van der Waals surface area contributed by atoms with Crippen molar-refractivity contribution in [3.05, 3.63) is 81.8 Å². The first kappa shape index (κ1) is 16.5. The number of phenols is 1. The van der Waals surface area contributed by atoms with Crippen LogP contribution in [-0.4, -0.2) is 15.1 Å². The summed E-state index contributed by atoms with van der Waals surface area (Å²) in [5.41, 5.74) is 3.49. The summed E-state index contributed by atoms with van der Waals surface area (Å²) in [5.74, 6) is 0.981. The van der Waals surface area contributed by atoms with E-state index < -0.39 is 0 Å². The van der Waals surface area contributed by atoms with Crippen molar-refractivity contribution < 1.29 is 5.11 Å². The van der Waals surface area contributed by atoms with E-state index in [9.17, 15) is 5.11 Å². The Kier molecular flexibility index (Phi) is 4.31. The lowest BCUT2D eigenvalue weighted by Gasteiger charge is -2.21. The van der Waals surface area contributed by atoms with Crippen molar-refractivity contribution in [1.29, 1.82) is 0 Å². The van der Waals surface area contributed by atoms with Gasteiger partial charge in [0.1, 0.15) is 17.1 Å². The maximum Gasteiger partial charge on any atom is 0.147 e. The molecule has 0 saturated carbocycles. The van der Waals surface area contributed by atoms with E-state index in [1.807, 2.05) is 49.4 Å². The normalized spacial score (nSPS) is 12.2. The summed E-state index contributed by atoms with van der Waals surface area (Å²) in [7, 11) is 0. The topological polar surface area (TPSA) is 58.0 Å². The van der Waals surface area contributed by atoms with Crippen LogP contribution in [0, 0.1) is 13.8 Å². The number of thiophene rings is 1. The Morgan fingerprint density at radius 2 is 1.88 bits per heavy atom. The van der Waals surface area contributed by atoms with Gasteiger partial charge in [-0.2, -0.15) is 0 Å². The Balaban J connectivity index is 1.87. The lowest BCUT2D eigenvalue weighted by molar-refractivity contribution is 0.472.